The fraction of sp³-hybridized carbons (Fsp3) is 0.217. The number of carbonyl (C=O) groups is 2. The number of hydrogen-bond donors (Lipinski definition) is 2. The molecule has 0 atom stereocenters. The molecule has 1 saturated heterocycles. The van der Waals surface area contributed by atoms with Crippen LogP contribution < -0.4 is 14.9 Å². The molecule has 166 valence electrons. The first-order chi connectivity index (χ1) is 15.4. The second kappa shape index (κ2) is 9.37. The van der Waals surface area contributed by atoms with Crippen molar-refractivity contribution in [3.05, 3.63) is 78.3 Å². The highest BCUT2D eigenvalue weighted by Gasteiger charge is 2.21. The van der Waals surface area contributed by atoms with Gasteiger partial charge in [-0.15, -0.1) is 0 Å². The lowest BCUT2D eigenvalue weighted by atomic mass is 10.1. The van der Waals surface area contributed by atoms with Gasteiger partial charge in [-0.3, -0.25) is 9.59 Å². The average Bonchev–Trinajstić information content (AvgIpc) is 3.45. The molecule has 1 aliphatic heterocycles. The van der Waals surface area contributed by atoms with E-state index in [-0.39, 0.29) is 29.7 Å². The highest BCUT2D eigenvalue weighted by Crippen LogP contribution is 2.22. The second-order valence-electron chi connectivity index (χ2n) is 7.47. The van der Waals surface area contributed by atoms with E-state index in [1.807, 2.05) is 24.3 Å². The summed E-state index contributed by atoms with van der Waals surface area (Å²) in [5.74, 6) is 0.413. The van der Waals surface area contributed by atoms with Crippen molar-refractivity contribution in [3.63, 3.8) is 0 Å². The monoisotopic (exact) mass is 453 g/mol. The quantitative estimate of drug-likeness (QED) is 0.545. The number of sulfonamides is 1. The lowest BCUT2D eigenvalue weighted by Gasteiger charge is -2.15. The van der Waals surface area contributed by atoms with Crippen molar-refractivity contribution in [2.24, 2.45) is 0 Å². The third-order valence-electron chi connectivity index (χ3n) is 5.15. The molecule has 1 fully saturated rings. The van der Waals surface area contributed by atoms with Gasteiger partial charge in [-0.25, -0.2) is 13.1 Å². The zero-order valence-corrected chi connectivity index (χ0v) is 18.1. The van der Waals surface area contributed by atoms with Gasteiger partial charge in [0.1, 0.15) is 5.76 Å². The predicted octanol–water partition coefficient (Wildman–Crippen LogP) is 3.07. The Hall–Kier alpha value is -3.43. The van der Waals surface area contributed by atoms with E-state index in [0.717, 1.165) is 24.2 Å². The molecule has 2 N–H and O–H groups in total. The second-order valence-corrected chi connectivity index (χ2v) is 9.24. The molecule has 4 rings (SSSR count). The van der Waals surface area contributed by atoms with Gasteiger partial charge in [-0.05, 0) is 60.5 Å². The van der Waals surface area contributed by atoms with Crippen LogP contribution in [0.3, 0.4) is 0 Å². The standard InChI is InChI=1S/C23H23N3O5S/c27-22(15-17-5-9-19(10-6-17)26-13-1-4-23(26)28)25-18-7-11-21(12-8-18)32(29,30)24-16-20-3-2-14-31-20/h2-3,5-12,14,24H,1,4,13,15-16H2,(H,25,27). The molecule has 2 aromatic carbocycles. The lowest BCUT2D eigenvalue weighted by molar-refractivity contribution is -0.117. The van der Waals surface area contributed by atoms with Crippen LogP contribution in [-0.2, 0) is 32.6 Å². The van der Waals surface area contributed by atoms with Crippen molar-refractivity contribution in [1.82, 2.24) is 4.72 Å². The molecule has 3 aromatic rings. The summed E-state index contributed by atoms with van der Waals surface area (Å²) in [4.78, 5) is 26.1. The maximum atomic E-state index is 12.4. The molecular formula is C23H23N3O5S. The van der Waals surface area contributed by atoms with E-state index < -0.39 is 10.0 Å². The topological polar surface area (TPSA) is 109 Å². The van der Waals surface area contributed by atoms with Gasteiger partial charge in [0.05, 0.1) is 24.1 Å². The Balaban J connectivity index is 1.32. The Labute approximate surface area is 186 Å². The van der Waals surface area contributed by atoms with Crippen molar-refractivity contribution in [3.8, 4) is 0 Å². The zero-order chi connectivity index (χ0) is 22.6. The van der Waals surface area contributed by atoms with Crippen molar-refractivity contribution in [2.75, 3.05) is 16.8 Å². The zero-order valence-electron chi connectivity index (χ0n) is 17.3. The van der Waals surface area contributed by atoms with Crippen molar-refractivity contribution < 1.29 is 22.4 Å². The van der Waals surface area contributed by atoms with Crippen molar-refractivity contribution in [1.29, 1.82) is 0 Å². The summed E-state index contributed by atoms with van der Waals surface area (Å²) >= 11 is 0. The minimum atomic E-state index is -3.70. The molecular weight excluding hydrogens is 430 g/mol. The van der Waals surface area contributed by atoms with Gasteiger partial charge in [0, 0.05) is 24.3 Å². The summed E-state index contributed by atoms with van der Waals surface area (Å²) in [7, 11) is -3.70. The number of rotatable bonds is 8. The molecule has 0 bridgehead atoms. The van der Waals surface area contributed by atoms with Crippen LogP contribution in [0.5, 0.6) is 0 Å². The van der Waals surface area contributed by atoms with Gasteiger partial charge < -0.3 is 14.6 Å². The van der Waals surface area contributed by atoms with Gasteiger partial charge in [0.25, 0.3) is 0 Å². The maximum Gasteiger partial charge on any atom is 0.240 e. The van der Waals surface area contributed by atoms with Gasteiger partial charge in [0.15, 0.2) is 0 Å². The number of amides is 2. The number of hydrogen-bond acceptors (Lipinski definition) is 5. The van der Waals surface area contributed by atoms with Crippen LogP contribution in [0.25, 0.3) is 0 Å². The average molecular weight is 454 g/mol. The summed E-state index contributed by atoms with van der Waals surface area (Å²) in [5.41, 5.74) is 2.16. The van der Waals surface area contributed by atoms with Crippen LogP contribution in [-0.4, -0.2) is 26.8 Å². The predicted molar refractivity (Wildman–Crippen MR) is 120 cm³/mol. The number of carbonyl (C=O) groups excluding carboxylic acids is 2. The van der Waals surface area contributed by atoms with E-state index in [2.05, 4.69) is 10.0 Å². The van der Waals surface area contributed by atoms with Crippen LogP contribution in [0.2, 0.25) is 0 Å². The normalized spacial score (nSPS) is 14.0. The van der Waals surface area contributed by atoms with Crippen LogP contribution in [0, 0.1) is 0 Å². The molecule has 2 amide bonds. The number of nitrogens with one attached hydrogen (secondary N) is 2. The summed E-state index contributed by atoms with van der Waals surface area (Å²) < 4.78 is 32.3. The molecule has 0 aliphatic carbocycles. The molecule has 0 saturated carbocycles. The molecule has 0 radical (unpaired) electrons. The highest BCUT2D eigenvalue weighted by atomic mass is 32.2. The first kappa shape index (κ1) is 21.8. The molecule has 2 heterocycles. The number of anilines is 2. The number of benzene rings is 2. The van der Waals surface area contributed by atoms with Crippen molar-refractivity contribution >= 4 is 33.2 Å². The largest absolute Gasteiger partial charge is 0.468 e. The minimum Gasteiger partial charge on any atom is -0.468 e. The first-order valence-electron chi connectivity index (χ1n) is 10.2. The summed E-state index contributed by atoms with van der Waals surface area (Å²) in [6, 6.07) is 16.7. The summed E-state index contributed by atoms with van der Waals surface area (Å²) in [6.07, 6.45) is 3.08. The maximum absolute atomic E-state index is 12.4. The molecule has 1 aliphatic rings. The van der Waals surface area contributed by atoms with E-state index in [0.29, 0.717) is 17.9 Å². The van der Waals surface area contributed by atoms with Crippen molar-refractivity contribution in [2.45, 2.75) is 30.7 Å². The van der Waals surface area contributed by atoms with Crippen LogP contribution in [0.4, 0.5) is 11.4 Å². The van der Waals surface area contributed by atoms with Gasteiger partial charge in [0.2, 0.25) is 21.8 Å². The van der Waals surface area contributed by atoms with E-state index >= 15 is 0 Å². The number of nitrogens with zero attached hydrogens (tertiary/aromatic N) is 1. The summed E-state index contributed by atoms with van der Waals surface area (Å²) in [5, 5.41) is 2.77. The van der Waals surface area contributed by atoms with Gasteiger partial charge in [-0.1, -0.05) is 12.1 Å². The number of furan rings is 1. The van der Waals surface area contributed by atoms with Crippen LogP contribution in [0.15, 0.2) is 76.2 Å². The molecule has 32 heavy (non-hydrogen) atoms. The van der Waals surface area contributed by atoms with Gasteiger partial charge >= 0.3 is 0 Å². The Morgan fingerprint density at radius 1 is 1.03 bits per heavy atom. The van der Waals surface area contributed by atoms with Crippen LogP contribution in [0.1, 0.15) is 24.2 Å². The molecule has 9 heteroatoms. The third-order valence-corrected chi connectivity index (χ3v) is 6.57. The Bertz CT molecular complexity index is 1190. The Morgan fingerprint density at radius 3 is 2.41 bits per heavy atom. The van der Waals surface area contributed by atoms with E-state index in [4.69, 9.17) is 4.42 Å². The van der Waals surface area contributed by atoms with E-state index in [1.165, 1.54) is 18.4 Å². The van der Waals surface area contributed by atoms with E-state index in [1.54, 1.807) is 29.2 Å². The Morgan fingerprint density at radius 2 is 1.78 bits per heavy atom. The van der Waals surface area contributed by atoms with E-state index in [9.17, 15) is 18.0 Å². The summed E-state index contributed by atoms with van der Waals surface area (Å²) in [6.45, 7) is 0.779. The highest BCUT2D eigenvalue weighted by molar-refractivity contribution is 7.89. The van der Waals surface area contributed by atoms with Crippen LogP contribution >= 0.6 is 0 Å². The fourth-order valence-corrected chi connectivity index (χ4v) is 4.48. The lowest BCUT2D eigenvalue weighted by Crippen LogP contribution is -2.23. The molecule has 0 unspecified atom stereocenters. The first-order valence-corrected chi connectivity index (χ1v) is 11.7. The SMILES string of the molecule is O=C(Cc1ccc(N2CCCC2=O)cc1)Nc1ccc(S(=O)(=O)NCc2ccco2)cc1. The smallest absolute Gasteiger partial charge is 0.240 e. The molecule has 8 nitrogen and oxygen atoms in total. The molecule has 1 aromatic heterocycles. The minimum absolute atomic E-state index is 0.0541. The Kier molecular flexibility index (Phi) is 6.38. The van der Waals surface area contributed by atoms with Gasteiger partial charge in [-0.2, -0.15) is 0 Å². The third kappa shape index (κ3) is 5.24. The molecule has 0 spiro atoms. The fourth-order valence-electron chi connectivity index (χ4n) is 3.49.